The maximum absolute atomic E-state index is 13.0. The molecule has 21 heavy (non-hydrogen) atoms. The highest BCUT2D eigenvalue weighted by molar-refractivity contribution is 6.42. The van der Waals surface area contributed by atoms with Gasteiger partial charge >= 0.3 is 24.0 Å². The third kappa shape index (κ3) is 3.34. The van der Waals surface area contributed by atoms with Crippen molar-refractivity contribution in [3.05, 3.63) is 28.2 Å². The van der Waals surface area contributed by atoms with Gasteiger partial charge in [-0.3, -0.25) is 0 Å². The van der Waals surface area contributed by atoms with Crippen LogP contribution in [-0.2, 0) is 4.79 Å². The number of hydrogen-bond donors (Lipinski definition) is 0. The van der Waals surface area contributed by atoms with Crippen LogP contribution < -0.4 is 4.74 Å². The van der Waals surface area contributed by atoms with E-state index in [0.717, 1.165) is 12.1 Å². The summed E-state index contributed by atoms with van der Waals surface area (Å²) in [6.07, 6.45) is -6.63. The van der Waals surface area contributed by atoms with Gasteiger partial charge in [0.1, 0.15) is 5.75 Å². The summed E-state index contributed by atoms with van der Waals surface area (Å²) in [5, 5.41) is -0.364. The van der Waals surface area contributed by atoms with E-state index in [-0.39, 0.29) is 10.0 Å². The molecule has 0 aliphatic rings. The highest BCUT2D eigenvalue weighted by atomic mass is 35.5. The van der Waals surface area contributed by atoms with Crippen molar-refractivity contribution in [1.82, 2.24) is 0 Å². The van der Waals surface area contributed by atoms with Gasteiger partial charge in [-0.1, -0.05) is 23.2 Å². The first-order chi connectivity index (χ1) is 9.30. The highest BCUT2D eigenvalue weighted by Crippen LogP contribution is 2.47. The first kappa shape index (κ1) is 17.8. The molecular weight excluding hydrogens is 356 g/mol. The molecular formula is C10H3Cl2F7O2. The fourth-order valence-electron chi connectivity index (χ4n) is 1.02. The Hall–Kier alpha value is -1.22. The zero-order valence-electron chi connectivity index (χ0n) is 9.45. The minimum atomic E-state index is -6.63. The van der Waals surface area contributed by atoms with E-state index in [1.165, 1.54) is 0 Å². The lowest BCUT2D eigenvalue weighted by Gasteiger charge is -2.26. The number of rotatable bonds is 3. The molecule has 2 nitrogen and oxygen atoms in total. The zero-order valence-corrected chi connectivity index (χ0v) is 11.0. The Morgan fingerprint density at radius 3 is 1.90 bits per heavy atom. The van der Waals surface area contributed by atoms with Gasteiger partial charge in [0.2, 0.25) is 0 Å². The third-order valence-corrected chi connectivity index (χ3v) is 2.85. The van der Waals surface area contributed by atoms with Gasteiger partial charge in [-0.15, -0.1) is 0 Å². The first-order valence-corrected chi connectivity index (χ1v) is 5.56. The van der Waals surface area contributed by atoms with Crippen LogP contribution in [0.25, 0.3) is 0 Å². The van der Waals surface area contributed by atoms with E-state index in [9.17, 15) is 35.5 Å². The molecule has 1 rings (SSSR count). The third-order valence-electron chi connectivity index (χ3n) is 2.11. The molecule has 0 saturated heterocycles. The van der Waals surface area contributed by atoms with E-state index in [2.05, 4.69) is 4.74 Å². The van der Waals surface area contributed by atoms with Crippen molar-refractivity contribution in [2.45, 2.75) is 18.0 Å². The monoisotopic (exact) mass is 358 g/mol. The molecule has 0 N–H and O–H groups in total. The standard InChI is InChI=1S/C10H3Cl2F7O2/c11-5-2-1-4(3-6(5)12)21-7(20)8(13,14)9(15,16)10(17,18)19/h1-3H. The van der Waals surface area contributed by atoms with E-state index in [1.54, 1.807) is 0 Å². The summed E-state index contributed by atoms with van der Waals surface area (Å²) in [7, 11) is 0. The molecule has 0 aliphatic carbocycles. The van der Waals surface area contributed by atoms with Crippen molar-refractivity contribution in [3.63, 3.8) is 0 Å². The normalized spacial score (nSPS) is 13.2. The zero-order chi connectivity index (χ0) is 16.6. The van der Waals surface area contributed by atoms with Gasteiger partial charge in [0.05, 0.1) is 10.0 Å². The largest absolute Gasteiger partial charge is 0.460 e. The summed E-state index contributed by atoms with van der Waals surface area (Å²) >= 11 is 10.9. The Kier molecular flexibility index (Phi) is 4.69. The quantitative estimate of drug-likeness (QED) is 0.443. The van der Waals surface area contributed by atoms with E-state index in [0.29, 0.717) is 6.07 Å². The number of halogens is 9. The second-order valence-corrected chi connectivity index (χ2v) is 4.43. The van der Waals surface area contributed by atoms with Gasteiger partial charge in [0.15, 0.2) is 0 Å². The summed E-state index contributed by atoms with van der Waals surface area (Å²) in [6, 6.07) is 2.45. The molecule has 0 spiro atoms. The minimum Gasteiger partial charge on any atom is -0.422 e. The van der Waals surface area contributed by atoms with Gasteiger partial charge in [0, 0.05) is 6.07 Å². The predicted molar refractivity (Wildman–Crippen MR) is 58.0 cm³/mol. The van der Waals surface area contributed by atoms with Crippen LogP contribution in [0, 0.1) is 0 Å². The average molecular weight is 359 g/mol. The molecule has 0 fully saturated rings. The maximum atomic E-state index is 13.0. The Labute approximate surface area is 122 Å². The lowest BCUT2D eigenvalue weighted by molar-refractivity contribution is -0.346. The molecule has 1 aromatic rings. The van der Waals surface area contributed by atoms with Crippen molar-refractivity contribution in [3.8, 4) is 5.75 Å². The molecule has 0 radical (unpaired) electrons. The Morgan fingerprint density at radius 2 is 1.48 bits per heavy atom. The first-order valence-electron chi connectivity index (χ1n) is 4.80. The Bertz CT molecular complexity index is 557. The summed E-state index contributed by atoms with van der Waals surface area (Å²) in [4.78, 5) is 10.9. The number of alkyl halides is 7. The minimum absolute atomic E-state index is 0.0798. The molecule has 11 heteroatoms. The van der Waals surface area contributed by atoms with Crippen molar-refractivity contribution in [1.29, 1.82) is 0 Å². The van der Waals surface area contributed by atoms with Crippen LogP contribution in [0.15, 0.2) is 18.2 Å². The van der Waals surface area contributed by atoms with Crippen molar-refractivity contribution >= 4 is 29.2 Å². The fourth-order valence-corrected chi connectivity index (χ4v) is 1.31. The van der Waals surface area contributed by atoms with Gasteiger partial charge in [0.25, 0.3) is 0 Å². The summed E-state index contributed by atoms with van der Waals surface area (Å²) < 4.78 is 90.5. The summed E-state index contributed by atoms with van der Waals surface area (Å²) in [5.41, 5.74) is 0. The van der Waals surface area contributed by atoms with Crippen LogP contribution in [0.1, 0.15) is 0 Å². The second kappa shape index (κ2) is 5.53. The molecule has 0 amide bonds. The van der Waals surface area contributed by atoms with Crippen LogP contribution in [0.4, 0.5) is 30.7 Å². The Balaban J connectivity index is 3.04. The van der Waals surface area contributed by atoms with Crippen molar-refractivity contribution in [2.24, 2.45) is 0 Å². The molecule has 0 unspecified atom stereocenters. The number of benzene rings is 1. The van der Waals surface area contributed by atoms with E-state index in [4.69, 9.17) is 23.2 Å². The maximum Gasteiger partial charge on any atom is 0.460 e. The van der Waals surface area contributed by atoms with Gasteiger partial charge < -0.3 is 4.74 Å². The van der Waals surface area contributed by atoms with Crippen molar-refractivity contribution in [2.75, 3.05) is 0 Å². The van der Waals surface area contributed by atoms with Gasteiger partial charge in [-0.25, -0.2) is 4.79 Å². The number of hydrogen-bond acceptors (Lipinski definition) is 2. The van der Waals surface area contributed by atoms with Crippen LogP contribution in [0.3, 0.4) is 0 Å². The smallest absolute Gasteiger partial charge is 0.422 e. The van der Waals surface area contributed by atoms with E-state index >= 15 is 0 Å². The van der Waals surface area contributed by atoms with Gasteiger partial charge in [-0.2, -0.15) is 30.7 Å². The van der Waals surface area contributed by atoms with E-state index < -0.39 is 29.7 Å². The number of carbonyl (C=O) groups is 1. The molecule has 0 aliphatic heterocycles. The van der Waals surface area contributed by atoms with Crippen LogP contribution in [0.2, 0.25) is 10.0 Å². The second-order valence-electron chi connectivity index (χ2n) is 3.61. The summed E-state index contributed by atoms with van der Waals surface area (Å²) in [5.74, 6) is -16.6. The molecule has 118 valence electrons. The number of esters is 1. The lowest BCUT2D eigenvalue weighted by Crippen LogP contribution is -2.57. The fraction of sp³-hybridized carbons (Fsp3) is 0.300. The van der Waals surface area contributed by atoms with E-state index in [1.807, 2.05) is 0 Å². The van der Waals surface area contributed by atoms with Crippen molar-refractivity contribution < 1.29 is 40.3 Å². The van der Waals surface area contributed by atoms with Crippen LogP contribution in [-0.4, -0.2) is 24.0 Å². The molecule has 1 aromatic carbocycles. The molecule has 0 atom stereocenters. The predicted octanol–water partition coefficient (Wildman–Crippen LogP) is 4.73. The number of carbonyl (C=O) groups excluding carboxylic acids is 1. The molecule has 0 bridgehead atoms. The summed E-state index contributed by atoms with van der Waals surface area (Å²) in [6.45, 7) is 0. The SMILES string of the molecule is O=C(Oc1ccc(Cl)c(Cl)c1)C(F)(F)C(F)(F)C(F)(F)F. The highest BCUT2D eigenvalue weighted by Gasteiger charge is 2.77. The van der Waals surface area contributed by atoms with Crippen LogP contribution in [0.5, 0.6) is 5.75 Å². The topological polar surface area (TPSA) is 26.3 Å². The van der Waals surface area contributed by atoms with Crippen LogP contribution >= 0.6 is 23.2 Å². The molecule has 0 saturated carbocycles. The number of ether oxygens (including phenoxy) is 1. The lowest BCUT2D eigenvalue weighted by atomic mass is 10.1. The van der Waals surface area contributed by atoms with Gasteiger partial charge in [-0.05, 0) is 12.1 Å². The molecule has 0 heterocycles. The average Bonchev–Trinajstić information content (AvgIpc) is 2.32. The molecule has 0 aromatic heterocycles. The Morgan fingerprint density at radius 1 is 0.952 bits per heavy atom.